The summed E-state index contributed by atoms with van der Waals surface area (Å²) >= 11 is 0. The molecule has 0 bridgehead atoms. The Morgan fingerprint density at radius 3 is 2.60 bits per heavy atom. The molecule has 2 aromatic heterocycles. The van der Waals surface area contributed by atoms with Gasteiger partial charge in [0, 0.05) is 24.0 Å². The zero-order valence-electron chi connectivity index (χ0n) is 13.8. The molecule has 1 aliphatic rings. The molecule has 3 heterocycles. The Labute approximate surface area is 143 Å². The fraction of sp³-hybridized carbons (Fsp3) is 0.222. The van der Waals surface area contributed by atoms with Gasteiger partial charge < -0.3 is 9.73 Å². The summed E-state index contributed by atoms with van der Waals surface area (Å²) in [5.41, 5.74) is 2.44. The van der Waals surface area contributed by atoms with Crippen molar-refractivity contribution in [2.45, 2.75) is 19.9 Å². The number of anilines is 1. The fourth-order valence-electron chi connectivity index (χ4n) is 2.87. The van der Waals surface area contributed by atoms with E-state index in [9.17, 15) is 9.59 Å². The highest BCUT2D eigenvalue weighted by Crippen LogP contribution is 2.29. The number of imide groups is 1. The molecule has 1 atom stereocenters. The first-order valence-corrected chi connectivity index (χ1v) is 8.00. The Kier molecular flexibility index (Phi) is 3.49. The molecular formula is C18H16N4O3. The number of nitrogens with zero attached hydrogens (tertiary/aromatic N) is 3. The molecule has 7 nitrogen and oxygen atoms in total. The van der Waals surface area contributed by atoms with Crippen molar-refractivity contribution in [1.29, 1.82) is 0 Å². The molecule has 1 saturated heterocycles. The molecule has 25 heavy (non-hydrogen) atoms. The van der Waals surface area contributed by atoms with Gasteiger partial charge in [0.25, 0.3) is 5.91 Å². The Bertz CT molecular complexity index is 965. The van der Waals surface area contributed by atoms with Crippen LogP contribution in [0.25, 0.3) is 22.6 Å². The van der Waals surface area contributed by atoms with E-state index in [1.807, 2.05) is 13.8 Å². The predicted octanol–water partition coefficient (Wildman–Crippen LogP) is 2.97. The lowest BCUT2D eigenvalue weighted by Crippen LogP contribution is -2.34. The van der Waals surface area contributed by atoms with Gasteiger partial charge in [0.1, 0.15) is 11.6 Å². The van der Waals surface area contributed by atoms with Gasteiger partial charge in [-0.25, -0.2) is 14.7 Å². The molecule has 0 unspecified atom stereocenters. The number of hydrogen-bond donors (Lipinski definition) is 1. The maximum atomic E-state index is 12.5. The molecule has 3 amide bonds. The van der Waals surface area contributed by atoms with Crippen LogP contribution >= 0.6 is 0 Å². The molecule has 0 saturated carbocycles. The SMILES string of the molecule is CC(C)[C@@H]1NC(=O)N(c2ccc3nc(-c4ccncc4)oc3c2)C1=O. The number of urea groups is 1. The van der Waals surface area contributed by atoms with Crippen molar-refractivity contribution in [1.82, 2.24) is 15.3 Å². The monoisotopic (exact) mass is 336 g/mol. The second-order valence-electron chi connectivity index (χ2n) is 6.25. The molecule has 1 aliphatic heterocycles. The second kappa shape index (κ2) is 5.70. The van der Waals surface area contributed by atoms with Crippen molar-refractivity contribution in [3.05, 3.63) is 42.7 Å². The quantitative estimate of drug-likeness (QED) is 0.743. The first-order valence-electron chi connectivity index (χ1n) is 8.00. The molecule has 0 radical (unpaired) electrons. The van der Waals surface area contributed by atoms with Gasteiger partial charge in [-0.3, -0.25) is 9.78 Å². The van der Waals surface area contributed by atoms with Crippen LogP contribution < -0.4 is 10.2 Å². The summed E-state index contributed by atoms with van der Waals surface area (Å²) in [6, 6.07) is 7.77. The third-order valence-corrected chi connectivity index (χ3v) is 4.19. The van der Waals surface area contributed by atoms with Crippen molar-refractivity contribution in [2.75, 3.05) is 4.90 Å². The molecule has 7 heteroatoms. The number of fused-ring (bicyclic) bond motifs is 1. The standard InChI is InChI=1S/C18H16N4O3/c1-10(2)15-17(23)22(18(24)21-15)12-3-4-13-14(9-12)25-16(20-13)11-5-7-19-8-6-11/h3-10,15H,1-2H3,(H,21,24)/t15-/m0/s1. The third-order valence-electron chi connectivity index (χ3n) is 4.19. The van der Waals surface area contributed by atoms with Crippen LogP contribution in [0.1, 0.15) is 13.8 Å². The summed E-state index contributed by atoms with van der Waals surface area (Å²) < 4.78 is 5.79. The predicted molar refractivity (Wildman–Crippen MR) is 91.9 cm³/mol. The normalized spacial score (nSPS) is 17.6. The zero-order chi connectivity index (χ0) is 17.6. The number of nitrogens with one attached hydrogen (secondary N) is 1. The first kappa shape index (κ1) is 15.3. The fourth-order valence-corrected chi connectivity index (χ4v) is 2.87. The number of pyridine rings is 1. The lowest BCUT2D eigenvalue weighted by molar-refractivity contribution is -0.119. The zero-order valence-corrected chi connectivity index (χ0v) is 13.8. The van der Waals surface area contributed by atoms with Crippen LogP contribution in [0.5, 0.6) is 0 Å². The Hall–Kier alpha value is -3.22. The van der Waals surface area contributed by atoms with E-state index < -0.39 is 12.1 Å². The minimum Gasteiger partial charge on any atom is -0.436 e. The number of rotatable bonds is 3. The van der Waals surface area contributed by atoms with E-state index in [2.05, 4.69) is 15.3 Å². The highest BCUT2D eigenvalue weighted by atomic mass is 16.3. The van der Waals surface area contributed by atoms with Gasteiger partial charge in [0.2, 0.25) is 5.89 Å². The summed E-state index contributed by atoms with van der Waals surface area (Å²) in [7, 11) is 0. The smallest absolute Gasteiger partial charge is 0.329 e. The van der Waals surface area contributed by atoms with Gasteiger partial charge >= 0.3 is 6.03 Å². The van der Waals surface area contributed by atoms with E-state index >= 15 is 0 Å². The number of oxazole rings is 1. The van der Waals surface area contributed by atoms with Crippen molar-refractivity contribution < 1.29 is 14.0 Å². The summed E-state index contributed by atoms with van der Waals surface area (Å²) in [5, 5.41) is 2.72. The van der Waals surface area contributed by atoms with Gasteiger partial charge in [-0.15, -0.1) is 0 Å². The minimum atomic E-state index is -0.509. The number of carbonyl (C=O) groups excluding carboxylic acids is 2. The van der Waals surface area contributed by atoms with Crippen LogP contribution in [-0.2, 0) is 4.79 Å². The Morgan fingerprint density at radius 2 is 1.92 bits per heavy atom. The number of aromatic nitrogens is 2. The Balaban J connectivity index is 1.72. The van der Waals surface area contributed by atoms with Gasteiger partial charge in [-0.05, 0) is 30.2 Å². The highest BCUT2D eigenvalue weighted by molar-refractivity contribution is 6.21. The van der Waals surface area contributed by atoms with Gasteiger partial charge in [0.05, 0.1) is 5.69 Å². The van der Waals surface area contributed by atoms with Crippen LogP contribution in [0.15, 0.2) is 47.1 Å². The Morgan fingerprint density at radius 1 is 1.16 bits per heavy atom. The van der Waals surface area contributed by atoms with E-state index in [1.54, 1.807) is 42.7 Å². The average molecular weight is 336 g/mol. The second-order valence-corrected chi connectivity index (χ2v) is 6.25. The molecule has 0 aliphatic carbocycles. The summed E-state index contributed by atoms with van der Waals surface area (Å²) in [6.07, 6.45) is 3.32. The number of amides is 3. The third kappa shape index (κ3) is 2.53. The minimum absolute atomic E-state index is 0.0220. The molecule has 1 N–H and O–H groups in total. The summed E-state index contributed by atoms with van der Waals surface area (Å²) in [4.78, 5) is 34.3. The van der Waals surface area contributed by atoms with Crippen molar-refractivity contribution in [3.63, 3.8) is 0 Å². The molecule has 1 fully saturated rings. The maximum absolute atomic E-state index is 12.5. The highest BCUT2D eigenvalue weighted by Gasteiger charge is 2.40. The lowest BCUT2D eigenvalue weighted by Gasteiger charge is -2.14. The van der Waals surface area contributed by atoms with Crippen LogP contribution in [-0.4, -0.2) is 27.9 Å². The summed E-state index contributed by atoms with van der Waals surface area (Å²) in [6.45, 7) is 3.79. The van der Waals surface area contributed by atoms with E-state index in [0.29, 0.717) is 22.7 Å². The van der Waals surface area contributed by atoms with Gasteiger partial charge in [-0.2, -0.15) is 0 Å². The van der Waals surface area contributed by atoms with E-state index in [1.165, 1.54) is 0 Å². The molecule has 0 spiro atoms. The van der Waals surface area contributed by atoms with E-state index in [4.69, 9.17) is 4.42 Å². The number of carbonyl (C=O) groups is 2. The van der Waals surface area contributed by atoms with Crippen LogP contribution in [0.2, 0.25) is 0 Å². The topological polar surface area (TPSA) is 88.3 Å². The van der Waals surface area contributed by atoms with Crippen LogP contribution in [0, 0.1) is 5.92 Å². The van der Waals surface area contributed by atoms with Gasteiger partial charge in [0.15, 0.2) is 5.58 Å². The van der Waals surface area contributed by atoms with E-state index in [-0.39, 0.29) is 11.8 Å². The maximum Gasteiger partial charge on any atom is 0.329 e. The van der Waals surface area contributed by atoms with Crippen molar-refractivity contribution in [3.8, 4) is 11.5 Å². The molecule has 4 rings (SSSR count). The first-order chi connectivity index (χ1) is 12.0. The number of benzene rings is 1. The van der Waals surface area contributed by atoms with Crippen molar-refractivity contribution >= 4 is 28.7 Å². The molecule has 126 valence electrons. The number of hydrogen-bond acceptors (Lipinski definition) is 5. The molecule has 1 aromatic carbocycles. The van der Waals surface area contributed by atoms with Crippen LogP contribution in [0.4, 0.5) is 10.5 Å². The average Bonchev–Trinajstić information content (AvgIpc) is 3.16. The molecular weight excluding hydrogens is 320 g/mol. The lowest BCUT2D eigenvalue weighted by atomic mass is 10.0. The molecule has 3 aromatic rings. The van der Waals surface area contributed by atoms with Crippen LogP contribution in [0.3, 0.4) is 0 Å². The largest absolute Gasteiger partial charge is 0.436 e. The van der Waals surface area contributed by atoms with Gasteiger partial charge in [-0.1, -0.05) is 13.8 Å². The van der Waals surface area contributed by atoms with Crippen molar-refractivity contribution in [2.24, 2.45) is 5.92 Å². The summed E-state index contributed by atoms with van der Waals surface area (Å²) in [5.74, 6) is 0.230. The van der Waals surface area contributed by atoms with E-state index in [0.717, 1.165) is 10.5 Å².